The van der Waals surface area contributed by atoms with Crippen LogP contribution in [-0.4, -0.2) is 20.3 Å². The number of hydrogen-bond acceptors (Lipinski definition) is 2. The van der Waals surface area contributed by atoms with Gasteiger partial charge >= 0.3 is 0 Å². The number of halogens is 2. The zero-order chi connectivity index (χ0) is 12.3. The van der Waals surface area contributed by atoms with Gasteiger partial charge < -0.3 is 9.47 Å². The number of alkyl halides is 1. The number of methoxy groups -OCH3 is 1. The lowest BCUT2D eigenvalue weighted by Gasteiger charge is -2.27. The molecule has 17 heavy (non-hydrogen) atoms. The first-order valence-electron chi connectivity index (χ1n) is 5.77. The van der Waals surface area contributed by atoms with Crippen LogP contribution in [0.5, 0.6) is 5.75 Å². The Morgan fingerprint density at radius 1 is 1.35 bits per heavy atom. The normalized spacial score (nSPS) is 19.0. The molecule has 1 atom stereocenters. The van der Waals surface area contributed by atoms with Crippen LogP contribution in [0.3, 0.4) is 0 Å². The molecule has 1 saturated heterocycles. The van der Waals surface area contributed by atoms with Gasteiger partial charge in [-0.05, 0) is 36.5 Å². The van der Waals surface area contributed by atoms with Crippen LogP contribution in [0.15, 0.2) is 22.7 Å². The second-order valence-corrected chi connectivity index (χ2v) is 6.08. The quantitative estimate of drug-likeness (QED) is 0.744. The molecule has 1 aliphatic heterocycles. The number of benzene rings is 1. The molecule has 1 aliphatic rings. The summed E-state index contributed by atoms with van der Waals surface area (Å²) in [4.78, 5) is 0.381. The van der Waals surface area contributed by atoms with Crippen LogP contribution in [-0.2, 0) is 4.74 Å². The second kappa shape index (κ2) is 6.21. The summed E-state index contributed by atoms with van der Waals surface area (Å²) in [5, 5.41) is 0. The molecule has 1 unspecified atom stereocenters. The van der Waals surface area contributed by atoms with E-state index in [0.717, 1.165) is 36.3 Å². The third-order valence-corrected chi connectivity index (χ3v) is 5.11. The smallest absolute Gasteiger partial charge is 0.120 e. The number of rotatable bonds is 3. The van der Waals surface area contributed by atoms with Crippen LogP contribution in [0, 0.1) is 5.92 Å². The van der Waals surface area contributed by atoms with E-state index in [4.69, 9.17) is 9.47 Å². The van der Waals surface area contributed by atoms with Crippen molar-refractivity contribution in [1.29, 1.82) is 0 Å². The minimum atomic E-state index is 0.381. The van der Waals surface area contributed by atoms with Gasteiger partial charge in [0.1, 0.15) is 5.75 Å². The van der Waals surface area contributed by atoms with E-state index in [2.05, 4.69) is 37.9 Å². The maximum absolute atomic E-state index is 5.40. The first-order chi connectivity index (χ1) is 8.22. The van der Waals surface area contributed by atoms with Crippen LogP contribution < -0.4 is 4.74 Å². The van der Waals surface area contributed by atoms with Crippen molar-refractivity contribution in [2.75, 3.05) is 20.3 Å². The maximum atomic E-state index is 5.40. The highest BCUT2D eigenvalue weighted by atomic mass is 79.9. The van der Waals surface area contributed by atoms with Crippen molar-refractivity contribution in [1.82, 2.24) is 0 Å². The lowest BCUT2D eigenvalue weighted by molar-refractivity contribution is 0.0661. The molecule has 1 heterocycles. The fraction of sp³-hybridized carbons (Fsp3) is 0.538. The van der Waals surface area contributed by atoms with Crippen molar-refractivity contribution in [3.05, 3.63) is 28.2 Å². The Bertz CT molecular complexity index is 376. The zero-order valence-corrected chi connectivity index (χ0v) is 13.0. The average molecular weight is 364 g/mol. The molecule has 1 aromatic carbocycles. The van der Waals surface area contributed by atoms with Crippen molar-refractivity contribution < 1.29 is 9.47 Å². The molecule has 4 heteroatoms. The molecular weight excluding hydrogens is 348 g/mol. The van der Waals surface area contributed by atoms with E-state index in [-0.39, 0.29) is 0 Å². The average Bonchev–Trinajstić information content (AvgIpc) is 2.39. The molecule has 0 aromatic heterocycles. The Morgan fingerprint density at radius 3 is 2.65 bits per heavy atom. The Labute approximate surface area is 119 Å². The van der Waals surface area contributed by atoms with Gasteiger partial charge in [0.05, 0.1) is 7.11 Å². The highest BCUT2D eigenvalue weighted by Gasteiger charge is 2.24. The molecule has 0 amide bonds. The van der Waals surface area contributed by atoms with Crippen LogP contribution in [0.25, 0.3) is 0 Å². The molecule has 0 saturated carbocycles. The summed E-state index contributed by atoms with van der Waals surface area (Å²) in [6, 6.07) is 6.15. The first-order valence-corrected chi connectivity index (χ1v) is 7.48. The van der Waals surface area contributed by atoms with Crippen molar-refractivity contribution in [3.8, 4) is 5.75 Å². The van der Waals surface area contributed by atoms with E-state index in [1.165, 1.54) is 5.56 Å². The summed E-state index contributed by atoms with van der Waals surface area (Å²) >= 11 is 7.43. The lowest BCUT2D eigenvalue weighted by atomic mass is 9.92. The number of ether oxygens (including phenoxy) is 2. The predicted octanol–water partition coefficient (Wildman–Crippen LogP) is 4.32. The molecule has 2 nitrogen and oxygen atoms in total. The van der Waals surface area contributed by atoms with Gasteiger partial charge in [-0.3, -0.25) is 0 Å². The van der Waals surface area contributed by atoms with Gasteiger partial charge in [0.15, 0.2) is 0 Å². The zero-order valence-electron chi connectivity index (χ0n) is 9.79. The fourth-order valence-corrected chi connectivity index (χ4v) is 3.96. The third kappa shape index (κ3) is 3.24. The van der Waals surface area contributed by atoms with E-state index in [9.17, 15) is 0 Å². The van der Waals surface area contributed by atoms with Gasteiger partial charge in [0.25, 0.3) is 0 Å². The van der Waals surface area contributed by atoms with Gasteiger partial charge in [0, 0.05) is 22.5 Å². The maximum Gasteiger partial charge on any atom is 0.120 e. The van der Waals surface area contributed by atoms with Crippen LogP contribution in [0.1, 0.15) is 23.2 Å². The monoisotopic (exact) mass is 362 g/mol. The van der Waals surface area contributed by atoms with Gasteiger partial charge in [0.2, 0.25) is 0 Å². The molecule has 0 aliphatic carbocycles. The summed E-state index contributed by atoms with van der Waals surface area (Å²) in [5.41, 5.74) is 1.29. The molecule has 2 rings (SSSR count). The van der Waals surface area contributed by atoms with Crippen molar-refractivity contribution >= 4 is 31.9 Å². The van der Waals surface area contributed by atoms with Crippen molar-refractivity contribution in [3.63, 3.8) is 0 Å². The van der Waals surface area contributed by atoms with Gasteiger partial charge in [-0.15, -0.1) is 0 Å². The van der Waals surface area contributed by atoms with Gasteiger partial charge in [-0.2, -0.15) is 0 Å². The Hall–Kier alpha value is -0.0600. The Kier molecular flexibility index (Phi) is 4.88. The minimum Gasteiger partial charge on any atom is -0.497 e. The van der Waals surface area contributed by atoms with Gasteiger partial charge in [-0.25, -0.2) is 0 Å². The number of hydrogen-bond donors (Lipinski definition) is 0. The van der Waals surface area contributed by atoms with Crippen LogP contribution in [0.2, 0.25) is 0 Å². The summed E-state index contributed by atoms with van der Waals surface area (Å²) in [6.07, 6.45) is 2.24. The van der Waals surface area contributed by atoms with E-state index in [1.807, 2.05) is 12.1 Å². The molecule has 0 bridgehead atoms. The lowest BCUT2D eigenvalue weighted by Crippen LogP contribution is -2.19. The highest BCUT2D eigenvalue weighted by Crippen LogP contribution is 2.40. The third-order valence-electron chi connectivity index (χ3n) is 3.18. The molecule has 1 fully saturated rings. The van der Waals surface area contributed by atoms with Crippen molar-refractivity contribution in [2.24, 2.45) is 5.92 Å². The summed E-state index contributed by atoms with van der Waals surface area (Å²) in [6.45, 7) is 1.75. The van der Waals surface area contributed by atoms with E-state index >= 15 is 0 Å². The highest BCUT2D eigenvalue weighted by molar-refractivity contribution is 9.11. The molecule has 0 spiro atoms. The predicted molar refractivity (Wildman–Crippen MR) is 75.9 cm³/mol. The topological polar surface area (TPSA) is 18.5 Å². The van der Waals surface area contributed by atoms with Crippen molar-refractivity contribution in [2.45, 2.75) is 17.7 Å². The second-order valence-electron chi connectivity index (χ2n) is 4.24. The Morgan fingerprint density at radius 2 is 2.06 bits per heavy atom. The molecule has 0 radical (unpaired) electrons. The molecule has 1 aromatic rings. The van der Waals surface area contributed by atoms with Crippen LogP contribution in [0.4, 0.5) is 0 Å². The molecule has 94 valence electrons. The SMILES string of the molecule is COc1ccc(C(Br)C2CCOCC2)c(Br)c1. The Balaban J connectivity index is 2.15. The van der Waals surface area contributed by atoms with E-state index < -0.39 is 0 Å². The minimum absolute atomic E-state index is 0.381. The largest absolute Gasteiger partial charge is 0.497 e. The first kappa shape index (κ1) is 13.4. The molecular formula is C13H16Br2O2. The fourth-order valence-electron chi connectivity index (χ4n) is 2.12. The van der Waals surface area contributed by atoms with Gasteiger partial charge in [-0.1, -0.05) is 37.9 Å². The summed E-state index contributed by atoms with van der Waals surface area (Å²) in [5.74, 6) is 1.53. The summed E-state index contributed by atoms with van der Waals surface area (Å²) in [7, 11) is 1.69. The van der Waals surface area contributed by atoms with E-state index in [1.54, 1.807) is 7.11 Å². The van der Waals surface area contributed by atoms with E-state index in [0.29, 0.717) is 10.7 Å². The van der Waals surface area contributed by atoms with Crippen LogP contribution >= 0.6 is 31.9 Å². The standard InChI is InChI=1S/C13H16Br2O2/c1-16-10-2-3-11(12(14)8-10)13(15)9-4-6-17-7-5-9/h2-3,8-9,13H,4-7H2,1H3. The molecule has 0 N–H and O–H groups in total. The summed E-state index contributed by atoms with van der Waals surface area (Å²) < 4.78 is 11.7.